The van der Waals surface area contributed by atoms with Crippen LogP contribution in [0, 0.1) is 11.8 Å². The molecule has 6 heteroatoms. The minimum atomic E-state index is -0.708. The second-order valence-corrected chi connectivity index (χ2v) is 4.20. The van der Waals surface area contributed by atoms with Gasteiger partial charge in [-0.1, -0.05) is 6.07 Å². The predicted octanol–water partition coefficient (Wildman–Crippen LogP) is 2.79. The summed E-state index contributed by atoms with van der Waals surface area (Å²) in [6, 6.07) is 9.26. The standard InChI is InChI=1S/C14H10F2N4/c15-11-7-9(17)4-5-13(11)20-8-10(14(16)19-20)12-3-1-2-6-18-12/h1-8H,17H2. The van der Waals surface area contributed by atoms with Gasteiger partial charge >= 0.3 is 0 Å². The number of nitrogen functional groups attached to an aromatic ring is 1. The van der Waals surface area contributed by atoms with E-state index in [2.05, 4.69) is 10.1 Å². The molecule has 0 bridgehead atoms. The van der Waals surface area contributed by atoms with E-state index in [1.54, 1.807) is 24.4 Å². The molecule has 100 valence electrons. The molecule has 4 nitrogen and oxygen atoms in total. The molecule has 0 radical (unpaired) electrons. The number of rotatable bonds is 2. The van der Waals surface area contributed by atoms with Crippen LogP contribution in [0.4, 0.5) is 14.5 Å². The number of anilines is 1. The maximum Gasteiger partial charge on any atom is 0.242 e. The van der Waals surface area contributed by atoms with Gasteiger partial charge in [0.25, 0.3) is 0 Å². The number of nitrogens with zero attached hydrogens (tertiary/aromatic N) is 3. The number of hydrogen-bond donors (Lipinski definition) is 1. The fourth-order valence-corrected chi connectivity index (χ4v) is 1.88. The SMILES string of the molecule is Nc1ccc(-n2cc(-c3ccccn3)c(F)n2)c(F)c1. The molecular formula is C14H10F2N4. The first kappa shape index (κ1) is 12.3. The summed E-state index contributed by atoms with van der Waals surface area (Å²) >= 11 is 0. The fourth-order valence-electron chi connectivity index (χ4n) is 1.88. The van der Waals surface area contributed by atoms with Gasteiger partial charge in [-0.25, -0.2) is 9.07 Å². The molecule has 3 rings (SSSR count). The Morgan fingerprint density at radius 2 is 1.95 bits per heavy atom. The van der Waals surface area contributed by atoms with E-state index < -0.39 is 11.8 Å². The van der Waals surface area contributed by atoms with E-state index >= 15 is 0 Å². The molecule has 20 heavy (non-hydrogen) atoms. The second-order valence-electron chi connectivity index (χ2n) is 4.20. The Kier molecular flexibility index (Phi) is 2.90. The average molecular weight is 272 g/mol. The fraction of sp³-hybridized carbons (Fsp3) is 0. The highest BCUT2D eigenvalue weighted by Gasteiger charge is 2.14. The molecule has 0 saturated heterocycles. The van der Waals surface area contributed by atoms with Crippen molar-refractivity contribution in [3.8, 4) is 16.9 Å². The molecule has 0 fully saturated rings. The number of hydrogen-bond acceptors (Lipinski definition) is 3. The molecule has 2 N–H and O–H groups in total. The first-order valence-corrected chi connectivity index (χ1v) is 5.87. The molecule has 0 spiro atoms. The summed E-state index contributed by atoms with van der Waals surface area (Å²) in [5.74, 6) is -1.28. The van der Waals surface area contributed by atoms with Crippen LogP contribution in [-0.2, 0) is 0 Å². The van der Waals surface area contributed by atoms with Crippen LogP contribution in [0.5, 0.6) is 0 Å². The lowest BCUT2D eigenvalue weighted by atomic mass is 10.2. The summed E-state index contributed by atoms with van der Waals surface area (Å²) in [6.45, 7) is 0. The van der Waals surface area contributed by atoms with Gasteiger partial charge in [0.2, 0.25) is 5.95 Å². The van der Waals surface area contributed by atoms with Crippen molar-refractivity contribution in [2.75, 3.05) is 5.73 Å². The summed E-state index contributed by atoms with van der Waals surface area (Å²) < 4.78 is 28.8. The van der Waals surface area contributed by atoms with E-state index in [4.69, 9.17) is 5.73 Å². The molecule has 1 aromatic carbocycles. The van der Waals surface area contributed by atoms with E-state index in [9.17, 15) is 8.78 Å². The number of nitrogens with two attached hydrogens (primary N) is 1. The smallest absolute Gasteiger partial charge is 0.242 e. The Labute approximate surface area is 113 Å². The first-order valence-electron chi connectivity index (χ1n) is 5.87. The van der Waals surface area contributed by atoms with Crippen molar-refractivity contribution >= 4 is 5.69 Å². The quantitative estimate of drug-likeness (QED) is 0.730. The lowest BCUT2D eigenvalue weighted by molar-refractivity contribution is 0.558. The van der Waals surface area contributed by atoms with E-state index in [0.717, 1.165) is 10.7 Å². The molecule has 0 unspecified atom stereocenters. The number of aromatic nitrogens is 3. The normalized spacial score (nSPS) is 10.7. The van der Waals surface area contributed by atoms with Gasteiger partial charge in [-0.15, -0.1) is 5.10 Å². The molecule has 0 saturated carbocycles. The third kappa shape index (κ3) is 2.11. The average Bonchev–Trinajstić information content (AvgIpc) is 2.81. The van der Waals surface area contributed by atoms with Crippen molar-refractivity contribution in [2.45, 2.75) is 0 Å². The Bertz CT molecular complexity index is 753. The molecule has 0 aliphatic heterocycles. The first-order chi connectivity index (χ1) is 9.65. The summed E-state index contributed by atoms with van der Waals surface area (Å²) in [4.78, 5) is 4.05. The van der Waals surface area contributed by atoms with Gasteiger partial charge in [0.15, 0.2) is 5.82 Å². The molecule has 2 aromatic heterocycles. The zero-order valence-electron chi connectivity index (χ0n) is 10.3. The van der Waals surface area contributed by atoms with Gasteiger partial charge in [0.1, 0.15) is 5.69 Å². The molecule has 2 heterocycles. The van der Waals surface area contributed by atoms with Crippen molar-refractivity contribution in [1.82, 2.24) is 14.8 Å². The van der Waals surface area contributed by atoms with Crippen LogP contribution in [0.2, 0.25) is 0 Å². The topological polar surface area (TPSA) is 56.7 Å². The van der Waals surface area contributed by atoms with Gasteiger partial charge in [0.05, 0.1) is 11.3 Å². The summed E-state index contributed by atoms with van der Waals surface area (Å²) in [5.41, 5.74) is 6.55. The third-order valence-electron chi connectivity index (χ3n) is 2.83. The van der Waals surface area contributed by atoms with Crippen LogP contribution in [0.25, 0.3) is 16.9 Å². The lowest BCUT2D eigenvalue weighted by Crippen LogP contribution is -1.99. The van der Waals surface area contributed by atoms with E-state index in [1.807, 2.05) is 0 Å². The Morgan fingerprint density at radius 1 is 1.10 bits per heavy atom. The molecule has 0 atom stereocenters. The summed E-state index contributed by atoms with van der Waals surface area (Å²) in [7, 11) is 0. The van der Waals surface area contributed by atoms with Crippen molar-refractivity contribution in [1.29, 1.82) is 0 Å². The molecule has 3 aromatic rings. The van der Waals surface area contributed by atoms with Gasteiger partial charge in [-0.2, -0.15) is 4.39 Å². The molecule has 0 aliphatic rings. The van der Waals surface area contributed by atoms with Crippen LogP contribution in [-0.4, -0.2) is 14.8 Å². The van der Waals surface area contributed by atoms with Gasteiger partial charge in [0, 0.05) is 18.1 Å². The van der Waals surface area contributed by atoms with Gasteiger partial charge in [-0.3, -0.25) is 4.98 Å². The minimum Gasteiger partial charge on any atom is -0.399 e. The highest BCUT2D eigenvalue weighted by atomic mass is 19.1. The van der Waals surface area contributed by atoms with E-state index in [1.165, 1.54) is 18.3 Å². The van der Waals surface area contributed by atoms with Crippen LogP contribution in [0.3, 0.4) is 0 Å². The molecule has 0 aliphatic carbocycles. The highest BCUT2D eigenvalue weighted by molar-refractivity contribution is 5.58. The van der Waals surface area contributed by atoms with Crippen molar-refractivity contribution in [2.24, 2.45) is 0 Å². The largest absolute Gasteiger partial charge is 0.399 e. The zero-order valence-corrected chi connectivity index (χ0v) is 10.3. The Morgan fingerprint density at radius 3 is 2.65 bits per heavy atom. The maximum absolute atomic E-state index is 13.9. The zero-order chi connectivity index (χ0) is 14.1. The van der Waals surface area contributed by atoms with Crippen molar-refractivity contribution in [3.05, 3.63) is 60.6 Å². The Balaban J connectivity index is 2.09. The van der Waals surface area contributed by atoms with Crippen molar-refractivity contribution in [3.63, 3.8) is 0 Å². The number of benzene rings is 1. The summed E-state index contributed by atoms with van der Waals surface area (Å²) in [5, 5.41) is 3.68. The van der Waals surface area contributed by atoms with E-state index in [-0.39, 0.29) is 11.3 Å². The van der Waals surface area contributed by atoms with Crippen LogP contribution < -0.4 is 5.73 Å². The number of pyridine rings is 1. The molecular weight excluding hydrogens is 262 g/mol. The predicted molar refractivity (Wildman–Crippen MR) is 71.1 cm³/mol. The number of halogens is 2. The lowest BCUT2D eigenvalue weighted by Gasteiger charge is -2.03. The van der Waals surface area contributed by atoms with Crippen LogP contribution in [0.1, 0.15) is 0 Å². The summed E-state index contributed by atoms with van der Waals surface area (Å²) in [6.07, 6.45) is 2.95. The van der Waals surface area contributed by atoms with Crippen LogP contribution in [0.15, 0.2) is 48.8 Å². The van der Waals surface area contributed by atoms with Crippen molar-refractivity contribution < 1.29 is 8.78 Å². The van der Waals surface area contributed by atoms with Gasteiger partial charge < -0.3 is 5.73 Å². The third-order valence-corrected chi connectivity index (χ3v) is 2.83. The Hall–Kier alpha value is -2.76. The van der Waals surface area contributed by atoms with Gasteiger partial charge in [-0.05, 0) is 30.3 Å². The maximum atomic E-state index is 13.9. The van der Waals surface area contributed by atoms with E-state index in [0.29, 0.717) is 11.4 Å². The highest BCUT2D eigenvalue weighted by Crippen LogP contribution is 2.23. The molecule has 0 amide bonds. The second kappa shape index (κ2) is 4.73. The monoisotopic (exact) mass is 272 g/mol. The van der Waals surface area contributed by atoms with Crippen LogP contribution >= 0.6 is 0 Å². The minimum absolute atomic E-state index is 0.125.